The Kier molecular flexibility index (Phi) is 4.88. The van der Waals surface area contributed by atoms with Crippen LogP contribution in [-0.4, -0.2) is 26.3 Å². The molecule has 0 unspecified atom stereocenters. The van der Waals surface area contributed by atoms with Crippen LogP contribution < -0.4 is 10.1 Å². The Hall–Kier alpha value is -3.87. The minimum absolute atomic E-state index is 0.0118. The summed E-state index contributed by atoms with van der Waals surface area (Å²) in [4.78, 5) is 15.5. The van der Waals surface area contributed by atoms with Gasteiger partial charge in [-0.2, -0.15) is 5.10 Å². The molecule has 3 N–H and O–H groups in total. The number of fused-ring (bicyclic) bond motifs is 1. The van der Waals surface area contributed by atoms with Crippen LogP contribution in [0.25, 0.3) is 10.9 Å². The van der Waals surface area contributed by atoms with E-state index in [0.717, 1.165) is 22.7 Å². The molecule has 4 aromatic rings. The van der Waals surface area contributed by atoms with E-state index < -0.39 is 5.97 Å². The van der Waals surface area contributed by atoms with Gasteiger partial charge in [-0.15, -0.1) is 0 Å². The summed E-state index contributed by atoms with van der Waals surface area (Å²) in [6.07, 6.45) is 1.74. The summed E-state index contributed by atoms with van der Waals surface area (Å²) in [5.41, 5.74) is 3.34. The summed E-state index contributed by atoms with van der Waals surface area (Å²) < 4.78 is 5.92. The largest absolute Gasteiger partial charge is 0.487 e. The molecule has 0 aliphatic rings. The van der Waals surface area contributed by atoms with E-state index >= 15 is 0 Å². The predicted molar refractivity (Wildman–Crippen MR) is 105 cm³/mol. The molecule has 0 fully saturated rings. The predicted octanol–water partition coefficient (Wildman–Crippen LogP) is 3.85. The molecule has 0 bridgehead atoms. The van der Waals surface area contributed by atoms with Gasteiger partial charge in [0.15, 0.2) is 5.69 Å². The summed E-state index contributed by atoms with van der Waals surface area (Å²) in [5.74, 6) is -0.284. The van der Waals surface area contributed by atoms with Gasteiger partial charge in [0.05, 0.1) is 11.2 Å². The molecule has 0 saturated heterocycles. The maximum Gasteiger partial charge on any atom is 0.357 e. The highest BCUT2D eigenvalue weighted by molar-refractivity contribution is 6.01. The van der Waals surface area contributed by atoms with Crippen molar-refractivity contribution < 1.29 is 14.6 Å². The van der Waals surface area contributed by atoms with Crippen LogP contribution in [0.1, 0.15) is 21.7 Å². The quantitative estimate of drug-likeness (QED) is 0.454. The van der Waals surface area contributed by atoms with Crippen molar-refractivity contribution >= 4 is 22.6 Å². The van der Waals surface area contributed by atoms with Gasteiger partial charge in [-0.3, -0.25) is 10.1 Å². The number of aromatic nitrogens is 3. The summed E-state index contributed by atoms with van der Waals surface area (Å²) >= 11 is 0. The lowest BCUT2D eigenvalue weighted by Gasteiger charge is -2.13. The van der Waals surface area contributed by atoms with Crippen LogP contribution in [0.3, 0.4) is 0 Å². The minimum Gasteiger partial charge on any atom is -0.487 e. The molecule has 0 aliphatic heterocycles. The zero-order valence-corrected chi connectivity index (χ0v) is 14.9. The van der Waals surface area contributed by atoms with Crippen molar-refractivity contribution in [3.63, 3.8) is 0 Å². The van der Waals surface area contributed by atoms with Crippen molar-refractivity contribution in [1.29, 1.82) is 0 Å². The number of carbonyl (C=O) groups is 1. The molecule has 0 radical (unpaired) electrons. The zero-order valence-electron chi connectivity index (χ0n) is 14.9. The van der Waals surface area contributed by atoms with Crippen LogP contribution in [0.5, 0.6) is 5.75 Å². The van der Waals surface area contributed by atoms with Gasteiger partial charge in [-0.05, 0) is 36.4 Å². The highest BCUT2D eigenvalue weighted by Crippen LogP contribution is 2.24. The van der Waals surface area contributed by atoms with Crippen molar-refractivity contribution in [1.82, 2.24) is 15.2 Å². The van der Waals surface area contributed by atoms with E-state index in [1.807, 2.05) is 48.5 Å². The maximum atomic E-state index is 11.3. The lowest BCUT2D eigenvalue weighted by Crippen LogP contribution is -2.04. The van der Waals surface area contributed by atoms with Crippen molar-refractivity contribution in [2.45, 2.75) is 13.2 Å². The van der Waals surface area contributed by atoms with Gasteiger partial charge in [-0.1, -0.05) is 24.3 Å². The maximum absolute atomic E-state index is 11.3. The molecule has 2 aromatic heterocycles. The Morgan fingerprint density at radius 1 is 1.11 bits per heavy atom. The third-order valence-electron chi connectivity index (χ3n) is 4.32. The van der Waals surface area contributed by atoms with E-state index in [4.69, 9.17) is 4.74 Å². The number of hydrogen-bond acceptors (Lipinski definition) is 5. The first-order valence-corrected chi connectivity index (χ1v) is 8.76. The fraction of sp³-hybridized carbons (Fsp3) is 0.0952. The second kappa shape index (κ2) is 7.79. The summed E-state index contributed by atoms with van der Waals surface area (Å²) in [7, 11) is 0. The molecule has 0 aliphatic carbocycles. The first-order valence-electron chi connectivity index (χ1n) is 8.76. The molecule has 0 spiro atoms. The van der Waals surface area contributed by atoms with Crippen LogP contribution in [0, 0.1) is 0 Å². The Balaban J connectivity index is 1.48. The number of rotatable bonds is 7. The summed E-state index contributed by atoms with van der Waals surface area (Å²) in [5, 5.41) is 19.7. The standard InChI is InChI=1S/C21H18N4O3/c26-21(27)20-17-11-15(8-9-18(17)24-25-20)23-12-14-5-1-2-7-19(14)28-13-16-6-3-4-10-22-16/h1-11,23H,12-13H2,(H,24,25)(H,26,27). The van der Waals surface area contributed by atoms with Crippen molar-refractivity contribution in [2.24, 2.45) is 0 Å². The average molecular weight is 374 g/mol. The zero-order chi connectivity index (χ0) is 19.3. The van der Waals surface area contributed by atoms with Gasteiger partial charge in [0, 0.05) is 29.4 Å². The van der Waals surface area contributed by atoms with E-state index in [2.05, 4.69) is 20.5 Å². The minimum atomic E-state index is -1.06. The lowest BCUT2D eigenvalue weighted by molar-refractivity contribution is 0.0692. The van der Waals surface area contributed by atoms with E-state index in [9.17, 15) is 9.90 Å². The highest BCUT2D eigenvalue weighted by Gasteiger charge is 2.13. The lowest BCUT2D eigenvalue weighted by atomic mass is 10.1. The Morgan fingerprint density at radius 3 is 2.79 bits per heavy atom. The van der Waals surface area contributed by atoms with Crippen molar-refractivity contribution in [3.8, 4) is 5.75 Å². The second-order valence-corrected chi connectivity index (χ2v) is 6.21. The topological polar surface area (TPSA) is 100 Å². The molecule has 2 heterocycles. The SMILES string of the molecule is O=C(O)c1n[nH]c2ccc(NCc3ccccc3OCc3ccccn3)cc12. The smallest absolute Gasteiger partial charge is 0.357 e. The number of carboxylic acids is 1. The number of para-hydroxylation sites is 1. The Labute approximate surface area is 161 Å². The highest BCUT2D eigenvalue weighted by atomic mass is 16.5. The van der Waals surface area contributed by atoms with Crippen LogP contribution in [0.2, 0.25) is 0 Å². The molecule has 7 nitrogen and oxygen atoms in total. The van der Waals surface area contributed by atoms with Crippen LogP contribution >= 0.6 is 0 Å². The number of nitrogens with one attached hydrogen (secondary N) is 2. The van der Waals surface area contributed by atoms with Crippen molar-refractivity contribution in [2.75, 3.05) is 5.32 Å². The molecule has 0 amide bonds. The van der Waals surface area contributed by atoms with Crippen LogP contribution in [-0.2, 0) is 13.2 Å². The number of aromatic amines is 1. The van der Waals surface area contributed by atoms with E-state index in [-0.39, 0.29) is 5.69 Å². The normalized spacial score (nSPS) is 10.7. The molecule has 28 heavy (non-hydrogen) atoms. The van der Waals surface area contributed by atoms with Gasteiger partial charge < -0.3 is 15.2 Å². The molecule has 140 valence electrons. The summed E-state index contributed by atoms with van der Waals surface area (Å²) in [6, 6.07) is 19.0. The number of anilines is 1. The van der Waals surface area contributed by atoms with Gasteiger partial charge in [-0.25, -0.2) is 4.79 Å². The Morgan fingerprint density at radius 2 is 1.96 bits per heavy atom. The number of aromatic carboxylic acids is 1. The number of nitrogens with zero attached hydrogens (tertiary/aromatic N) is 2. The second-order valence-electron chi connectivity index (χ2n) is 6.21. The fourth-order valence-corrected chi connectivity index (χ4v) is 2.91. The molecule has 7 heteroatoms. The van der Waals surface area contributed by atoms with E-state index in [1.54, 1.807) is 18.3 Å². The first-order chi connectivity index (χ1) is 13.7. The first kappa shape index (κ1) is 17.5. The molecular formula is C21H18N4O3. The third-order valence-corrected chi connectivity index (χ3v) is 4.32. The van der Waals surface area contributed by atoms with Crippen molar-refractivity contribution in [3.05, 3.63) is 83.8 Å². The van der Waals surface area contributed by atoms with E-state index in [1.165, 1.54) is 0 Å². The molecule has 0 saturated carbocycles. The van der Waals surface area contributed by atoms with Crippen LogP contribution in [0.15, 0.2) is 66.9 Å². The third kappa shape index (κ3) is 3.78. The summed E-state index contributed by atoms with van der Waals surface area (Å²) in [6.45, 7) is 0.922. The van der Waals surface area contributed by atoms with Crippen LogP contribution in [0.4, 0.5) is 5.69 Å². The number of ether oxygens (including phenoxy) is 1. The Bertz CT molecular complexity index is 1110. The number of carboxylic acid groups (broad SMARTS) is 1. The number of pyridine rings is 1. The monoisotopic (exact) mass is 374 g/mol. The molecule has 0 atom stereocenters. The van der Waals surface area contributed by atoms with Gasteiger partial charge in [0.1, 0.15) is 12.4 Å². The number of hydrogen-bond donors (Lipinski definition) is 3. The van der Waals surface area contributed by atoms with Gasteiger partial charge >= 0.3 is 5.97 Å². The molecule has 4 rings (SSSR count). The molecular weight excluding hydrogens is 356 g/mol. The molecule has 2 aromatic carbocycles. The van der Waals surface area contributed by atoms with E-state index in [0.29, 0.717) is 24.1 Å². The van der Waals surface area contributed by atoms with Gasteiger partial charge in [0.2, 0.25) is 0 Å². The van der Waals surface area contributed by atoms with Gasteiger partial charge in [0.25, 0.3) is 0 Å². The average Bonchev–Trinajstić information content (AvgIpc) is 3.15. The number of benzene rings is 2. The number of H-pyrrole nitrogens is 1. The fourth-order valence-electron chi connectivity index (χ4n) is 2.91.